The maximum atomic E-state index is 13.0. The van der Waals surface area contributed by atoms with Crippen molar-refractivity contribution in [2.75, 3.05) is 13.2 Å². The normalized spacial score (nSPS) is 10.8. The lowest BCUT2D eigenvalue weighted by molar-refractivity contribution is 0.0951. The summed E-state index contributed by atoms with van der Waals surface area (Å²) in [5, 5.41) is 3.56. The van der Waals surface area contributed by atoms with E-state index in [1.54, 1.807) is 18.2 Å². The van der Waals surface area contributed by atoms with Crippen molar-refractivity contribution in [3.05, 3.63) is 107 Å². The van der Waals surface area contributed by atoms with Gasteiger partial charge in [-0.15, -0.1) is 0 Å². The number of amides is 1. The molecule has 0 saturated heterocycles. The molecule has 5 rings (SSSR count). The molecule has 1 aromatic heterocycles. The van der Waals surface area contributed by atoms with Crippen LogP contribution in [0.4, 0.5) is 0 Å². The molecule has 0 aliphatic heterocycles. The molecule has 1 heterocycles. The lowest BCUT2D eigenvalue weighted by atomic mass is 10.0. The first kappa shape index (κ1) is 26.2. The second kappa shape index (κ2) is 12.0. The quantitative estimate of drug-likeness (QED) is 0.213. The first-order chi connectivity index (χ1) is 19.1. The van der Waals surface area contributed by atoms with Crippen LogP contribution in [0.2, 0.25) is 5.02 Å². The Bertz CT molecular complexity index is 1600. The molecule has 0 spiro atoms. The molecule has 0 aliphatic rings. The van der Waals surface area contributed by atoms with Gasteiger partial charge in [0.2, 0.25) is 0 Å². The van der Waals surface area contributed by atoms with E-state index in [2.05, 4.69) is 5.32 Å². The Kier molecular flexibility index (Phi) is 8.04. The van der Waals surface area contributed by atoms with Gasteiger partial charge in [-0.2, -0.15) is 0 Å². The van der Waals surface area contributed by atoms with Gasteiger partial charge in [0.05, 0.1) is 35.6 Å². The SMILES string of the molecule is CCOc1ccc(-c2nc3ccc(C(=O)NCc4ccccc4Cl)cc3nc2-c2ccc(OCC)cc2)cc1. The Morgan fingerprint density at radius 2 is 1.31 bits per heavy atom. The van der Waals surface area contributed by atoms with Crippen LogP contribution in [-0.4, -0.2) is 29.1 Å². The lowest BCUT2D eigenvalue weighted by Crippen LogP contribution is -2.22. The van der Waals surface area contributed by atoms with Gasteiger partial charge < -0.3 is 14.8 Å². The number of ether oxygens (including phenoxy) is 2. The van der Waals surface area contributed by atoms with Crippen LogP contribution in [0.15, 0.2) is 91.0 Å². The topological polar surface area (TPSA) is 73.3 Å². The molecule has 6 nitrogen and oxygen atoms in total. The zero-order chi connectivity index (χ0) is 27.2. The molecule has 0 unspecified atom stereocenters. The predicted molar refractivity (Wildman–Crippen MR) is 155 cm³/mol. The van der Waals surface area contributed by atoms with Gasteiger partial charge >= 0.3 is 0 Å². The Labute approximate surface area is 232 Å². The van der Waals surface area contributed by atoms with E-state index in [1.807, 2.05) is 86.6 Å². The number of hydrogen-bond acceptors (Lipinski definition) is 5. The first-order valence-corrected chi connectivity index (χ1v) is 13.2. The van der Waals surface area contributed by atoms with Crippen molar-refractivity contribution >= 4 is 28.5 Å². The van der Waals surface area contributed by atoms with Crippen LogP contribution in [-0.2, 0) is 6.54 Å². The number of halogens is 1. The van der Waals surface area contributed by atoms with Crippen LogP contribution in [0.5, 0.6) is 11.5 Å². The fourth-order valence-corrected chi connectivity index (χ4v) is 4.47. The highest BCUT2D eigenvalue weighted by Gasteiger charge is 2.16. The van der Waals surface area contributed by atoms with Crippen molar-refractivity contribution in [1.82, 2.24) is 15.3 Å². The fourth-order valence-electron chi connectivity index (χ4n) is 4.27. The molecule has 0 saturated carbocycles. The van der Waals surface area contributed by atoms with E-state index in [-0.39, 0.29) is 5.91 Å². The minimum absolute atomic E-state index is 0.211. The van der Waals surface area contributed by atoms with Crippen molar-refractivity contribution in [3.8, 4) is 34.0 Å². The monoisotopic (exact) mass is 537 g/mol. The Balaban J connectivity index is 1.52. The Morgan fingerprint density at radius 1 is 0.744 bits per heavy atom. The molecule has 0 bridgehead atoms. The van der Waals surface area contributed by atoms with E-state index < -0.39 is 0 Å². The molecular weight excluding hydrogens is 510 g/mol. The zero-order valence-corrected chi connectivity index (χ0v) is 22.5. The van der Waals surface area contributed by atoms with Crippen LogP contribution < -0.4 is 14.8 Å². The highest BCUT2D eigenvalue weighted by molar-refractivity contribution is 6.31. The van der Waals surface area contributed by atoms with Crippen LogP contribution in [0.25, 0.3) is 33.5 Å². The van der Waals surface area contributed by atoms with Gasteiger partial charge in [0.15, 0.2) is 0 Å². The molecule has 5 aromatic rings. The van der Waals surface area contributed by atoms with Crippen LogP contribution >= 0.6 is 11.6 Å². The molecule has 7 heteroatoms. The van der Waals surface area contributed by atoms with Gasteiger partial charge in [0.25, 0.3) is 5.91 Å². The van der Waals surface area contributed by atoms with Crippen LogP contribution in [0, 0.1) is 0 Å². The molecule has 0 fully saturated rings. The zero-order valence-electron chi connectivity index (χ0n) is 21.8. The van der Waals surface area contributed by atoms with Gasteiger partial charge in [-0.05, 0) is 92.2 Å². The second-order valence-electron chi connectivity index (χ2n) is 8.81. The van der Waals surface area contributed by atoms with Crippen molar-refractivity contribution in [2.45, 2.75) is 20.4 Å². The molecular formula is C32H28ClN3O3. The summed E-state index contributed by atoms with van der Waals surface area (Å²) in [5.74, 6) is 1.37. The summed E-state index contributed by atoms with van der Waals surface area (Å²) in [6.07, 6.45) is 0. The summed E-state index contributed by atoms with van der Waals surface area (Å²) >= 11 is 6.24. The number of rotatable bonds is 9. The van der Waals surface area contributed by atoms with Crippen molar-refractivity contribution in [3.63, 3.8) is 0 Å². The number of fused-ring (bicyclic) bond motifs is 1. The summed E-state index contributed by atoms with van der Waals surface area (Å²) in [7, 11) is 0. The fraction of sp³-hybridized carbons (Fsp3) is 0.156. The number of carbonyl (C=O) groups excluding carboxylic acids is 1. The number of benzene rings is 4. The van der Waals surface area contributed by atoms with Gasteiger partial charge in [0, 0.05) is 28.3 Å². The summed E-state index contributed by atoms with van der Waals surface area (Å²) < 4.78 is 11.2. The smallest absolute Gasteiger partial charge is 0.251 e. The van der Waals surface area contributed by atoms with Gasteiger partial charge in [-0.3, -0.25) is 4.79 Å². The Hall–Kier alpha value is -4.42. The van der Waals surface area contributed by atoms with Gasteiger partial charge in [-0.1, -0.05) is 29.8 Å². The van der Waals surface area contributed by atoms with E-state index in [4.69, 9.17) is 31.0 Å². The lowest BCUT2D eigenvalue weighted by Gasteiger charge is -2.13. The second-order valence-corrected chi connectivity index (χ2v) is 9.22. The average Bonchev–Trinajstić information content (AvgIpc) is 2.97. The van der Waals surface area contributed by atoms with Crippen molar-refractivity contribution < 1.29 is 14.3 Å². The summed E-state index contributed by atoms with van der Waals surface area (Å²) in [4.78, 5) is 22.9. The average molecular weight is 538 g/mol. The molecule has 1 amide bonds. The highest BCUT2D eigenvalue weighted by Crippen LogP contribution is 2.33. The van der Waals surface area contributed by atoms with Crippen LogP contribution in [0.1, 0.15) is 29.8 Å². The standard InChI is InChI=1S/C32H28ClN3O3/c1-3-38-25-14-9-21(10-15-25)30-31(22-11-16-26(17-12-22)39-4-2)36-29-19-23(13-18-28(29)35-30)32(37)34-20-24-7-5-6-8-27(24)33/h5-19H,3-4,20H2,1-2H3,(H,34,37). The number of nitrogens with one attached hydrogen (secondary N) is 1. The van der Waals surface area contributed by atoms with E-state index in [0.717, 1.165) is 33.9 Å². The maximum absolute atomic E-state index is 13.0. The molecule has 4 aromatic carbocycles. The number of carbonyl (C=O) groups is 1. The van der Waals surface area contributed by atoms with Crippen molar-refractivity contribution in [1.29, 1.82) is 0 Å². The highest BCUT2D eigenvalue weighted by atomic mass is 35.5. The third kappa shape index (κ3) is 6.02. The molecule has 0 aliphatic carbocycles. The van der Waals surface area contributed by atoms with Crippen LogP contribution in [0.3, 0.4) is 0 Å². The van der Waals surface area contributed by atoms with E-state index in [1.165, 1.54) is 0 Å². The minimum atomic E-state index is -0.211. The third-order valence-electron chi connectivity index (χ3n) is 6.20. The Morgan fingerprint density at radius 3 is 1.87 bits per heavy atom. The molecule has 0 radical (unpaired) electrons. The minimum Gasteiger partial charge on any atom is -0.494 e. The van der Waals surface area contributed by atoms with Gasteiger partial charge in [-0.25, -0.2) is 9.97 Å². The molecule has 39 heavy (non-hydrogen) atoms. The summed E-state index contributed by atoms with van der Waals surface area (Å²) in [6, 6.07) is 28.4. The van der Waals surface area contributed by atoms with Crippen molar-refractivity contribution in [2.24, 2.45) is 0 Å². The number of nitrogens with zero attached hydrogens (tertiary/aromatic N) is 2. The maximum Gasteiger partial charge on any atom is 0.251 e. The largest absolute Gasteiger partial charge is 0.494 e. The van der Waals surface area contributed by atoms with E-state index in [9.17, 15) is 4.79 Å². The summed E-state index contributed by atoms with van der Waals surface area (Å²) in [6.45, 7) is 5.43. The first-order valence-electron chi connectivity index (χ1n) is 12.9. The molecule has 1 N–H and O–H groups in total. The van der Waals surface area contributed by atoms with E-state index >= 15 is 0 Å². The van der Waals surface area contributed by atoms with E-state index in [0.29, 0.717) is 47.1 Å². The number of aromatic nitrogens is 2. The summed E-state index contributed by atoms with van der Waals surface area (Å²) in [5.41, 5.74) is 5.92. The third-order valence-corrected chi connectivity index (χ3v) is 6.57. The van der Waals surface area contributed by atoms with Gasteiger partial charge in [0.1, 0.15) is 11.5 Å². The number of hydrogen-bond donors (Lipinski definition) is 1. The molecule has 196 valence electrons. The molecule has 0 atom stereocenters. The predicted octanol–water partition coefficient (Wildman–Crippen LogP) is 7.34.